The number of hydrogen-bond donors (Lipinski definition) is 0. The van der Waals surface area contributed by atoms with Crippen LogP contribution in [0.2, 0.25) is 5.02 Å². The Balaban J connectivity index is 1.62. The van der Waals surface area contributed by atoms with Crippen LogP contribution in [0.15, 0.2) is 18.2 Å². The van der Waals surface area contributed by atoms with Crippen molar-refractivity contribution >= 4 is 11.6 Å². The fourth-order valence-corrected chi connectivity index (χ4v) is 3.28. The average Bonchev–Trinajstić information content (AvgIpc) is 2.66. The summed E-state index contributed by atoms with van der Waals surface area (Å²) < 4.78 is 25.4. The maximum Gasteiger partial charge on any atom is 0.129 e. The van der Waals surface area contributed by atoms with Crippen molar-refractivity contribution in [2.24, 2.45) is 0 Å². The Hall–Kier alpha value is -0.680. The van der Waals surface area contributed by atoms with Crippen molar-refractivity contribution in [2.45, 2.75) is 31.4 Å². The summed E-state index contributed by atoms with van der Waals surface area (Å²) in [5.41, 5.74) is 0.674. The molecular formula is C16H21ClFNO2. The number of hydrogen-bond acceptors (Lipinski definition) is 3. The molecule has 0 amide bonds. The molecule has 21 heavy (non-hydrogen) atoms. The van der Waals surface area contributed by atoms with Crippen LogP contribution in [-0.2, 0) is 16.0 Å². The van der Waals surface area contributed by atoms with Gasteiger partial charge in [-0.15, -0.1) is 0 Å². The summed E-state index contributed by atoms with van der Waals surface area (Å²) in [6.07, 6.45) is 2.93. The minimum absolute atomic E-state index is 0.0223. The van der Waals surface area contributed by atoms with Crippen LogP contribution >= 0.6 is 11.6 Å². The molecule has 0 bridgehead atoms. The predicted molar refractivity (Wildman–Crippen MR) is 80.0 cm³/mol. The first-order valence-corrected chi connectivity index (χ1v) is 7.93. The van der Waals surface area contributed by atoms with E-state index in [0.717, 1.165) is 45.6 Å². The van der Waals surface area contributed by atoms with Gasteiger partial charge in [0.1, 0.15) is 5.82 Å². The van der Waals surface area contributed by atoms with Gasteiger partial charge in [0.15, 0.2) is 0 Å². The van der Waals surface area contributed by atoms with Crippen LogP contribution in [0.4, 0.5) is 4.39 Å². The molecule has 116 valence electrons. The molecular weight excluding hydrogens is 293 g/mol. The molecule has 0 saturated carbocycles. The third-order valence-corrected chi connectivity index (χ3v) is 4.75. The lowest BCUT2D eigenvalue weighted by Gasteiger charge is -2.35. The smallest absolute Gasteiger partial charge is 0.129 e. The highest BCUT2D eigenvalue weighted by Crippen LogP contribution is 2.31. The number of halogens is 2. The Morgan fingerprint density at radius 2 is 1.95 bits per heavy atom. The van der Waals surface area contributed by atoms with Gasteiger partial charge in [0.2, 0.25) is 0 Å². The molecule has 0 atom stereocenters. The maximum absolute atomic E-state index is 13.9. The predicted octanol–water partition coefficient (Wildman–Crippen LogP) is 3.25. The van der Waals surface area contributed by atoms with E-state index in [2.05, 4.69) is 4.90 Å². The third kappa shape index (κ3) is 3.75. The number of benzene rings is 1. The maximum atomic E-state index is 13.9. The van der Waals surface area contributed by atoms with Gasteiger partial charge in [-0.05, 0) is 31.4 Å². The first-order valence-electron chi connectivity index (χ1n) is 7.55. The molecule has 1 aromatic rings. The minimum atomic E-state index is -0.228. The summed E-state index contributed by atoms with van der Waals surface area (Å²) in [5, 5.41) is 0.441. The van der Waals surface area contributed by atoms with Gasteiger partial charge in [0.25, 0.3) is 0 Å². The van der Waals surface area contributed by atoms with Crippen LogP contribution in [0.25, 0.3) is 0 Å². The molecule has 0 aromatic heterocycles. The summed E-state index contributed by atoms with van der Waals surface area (Å²) >= 11 is 5.80. The fourth-order valence-electron chi connectivity index (χ4n) is 3.12. The number of ether oxygens (including phenoxy) is 2. The van der Waals surface area contributed by atoms with Crippen molar-refractivity contribution in [3.63, 3.8) is 0 Å². The molecule has 0 radical (unpaired) electrons. The zero-order valence-corrected chi connectivity index (χ0v) is 12.9. The Bertz CT molecular complexity index is 491. The lowest BCUT2D eigenvalue weighted by atomic mass is 9.90. The fraction of sp³-hybridized carbons (Fsp3) is 0.625. The molecule has 1 spiro atoms. The molecule has 2 heterocycles. The van der Waals surface area contributed by atoms with Crippen LogP contribution in [-0.4, -0.2) is 43.4 Å². The molecule has 0 aliphatic carbocycles. The van der Waals surface area contributed by atoms with Crippen molar-refractivity contribution in [2.75, 3.05) is 32.9 Å². The summed E-state index contributed by atoms with van der Waals surface area (Å²) in [6.45, 7) is 4.65. The van der Waals surface area contributed by atoms with E-state index in [4.69, 9.17) is 21.1 Å². The monoisotopic (exact) mass is 313 g/mol. The second-order valence-corrected chi connectivity index (χ2v) is 6.34. The highest BCUT2D eigenvalue weighted by Gasteiger charge is 2.35. The van der Waals surface area contributed by atoms with Crippen molar-refractivity contribution < 1.29 is 13.9 Å². The van der Waals surface area contributed by atoms with E-state index in [-0.39, 0.29) is 11.4 Å². The molecule has 2 fully saturated rings. The Labute approximate surface area is 130 Å². The zero-order valence-electron chi connectivity index (χ0n) is 12.1. The van der Waals surface area contributed by atoms with Gasteiger partial charge in [-0.3, -0.25) is 4.90 Å². The lowest BCUT2D eigenvalue weighted by molar-refractivity contribution is -0.105. The molecule has 5 heteroatoms. The molecule has 3 rings (SSSR count). The normalized spacial score (nSPS) is 23.1. The van der Waals surface area contributed by atoms with Gasteiger partial charge in [-0.1, -0.05) is 17.7 Å². The van der Waals surface area contributed by atoms with E-state index >= 15 is 0 Å². The lowest BCUT2D eigenvalue weighted by Crippen LogP contribution is -2.39. The van der Waals surface area contributed by atoms with Crippen LogP contribution in [0.1, 0.15) is 24.8 Å². The van der Waals surface area contributed by atoms with Crippen molar-refractivity contribution in [1.82, 2.24) is 4.90 Å². The summed E-state index contributed by atoms with van der Waals surface area (Å²) in [6, 6.07) is 4.90. The standard InChI is InChI=1S/C16H21ClFNO2/c17-14-2-1-13(15(18)11-14)12-19-6-3-16(21-10-7-19)4-8-20-9-5-16/h1-2,11H,3-10,12H2. The van der Waals surface area contributed by atoms with Gasteiger partial charge in [-0.2, -0.15) is 0 Å². The van der Waals surface area contributed by atoms with Crippen LogP contribution < -0.4 is 0 Å². The molecule has 2 aliphatic heterocycles. The Morgan fingerprint density at radius 3 is 2.71 bits per heavy atom. The molecule has 3 nitrogen and oxygen atoms in total. The van der Waals surface area contributed by atoms with Crippen LogP contribution in [0.3, 0.4) is 0 Å². The average molecular weight is 314 g/mol. The zero-order chi connectivity index (χ0) is 14.7. The molecule has 0 N–H and O–H groups in total. The third-order valence-electron chi connectivity index (χ3n) is 4.51. The SMILES string of the molecule is Fc1cc(Cl)ccc1CN1CCOC2(CCOCC2)CC1. The van der Waals surface area contributed by atoms with Gasteiger partial charge in [0.05, 0.1) is 12.2 Å². The Kier molecular flexibility index (Phi) is 4.79. The van der Waals surface area contributed by atoms with E-state index in [0.29, 0.717) is 23.7 Å². The first kappa shape index (κ1) is 15.2. The van der Waals surface area contributed by atoms with Crippen molar-refractivity contribution in [3.8, 4) is 0 Å². The van der Waals surface area contributed by atoms with E-state index in [1.54, 1.807) is 12.1 Å². The van der Waals surface area contributed by atoms with Crippen LogP contribution in [0, 0.1) is 5.82 Å². The molecule has 2 saturated heterocycles. The highest BCUT2D eigenvalue weighted by atomic mass is 35.5. The summed E-state index contributed by atoms with van der Waals surface area (Å²) in [4.78, 5) is 2.26. The van der Waals surface area contributed by atoms with Crippen molar-refractivity contribution in [3.05, 3.63) is 34.6 Å². The highest BCUT2D eigenvalue weighted by molar-refractivity contribution is 6.30. The molecule has 0 unspecified atom stereocenters. The quantitative estimate of drug-likeness (QED) is 0.836. The van der Waals surface area contributed by atoms with E-state index in [1.165, 1.54) is 6.07 Å². The summed E-state index contributed by atoms with van der Waals surface area (Å²) in [7, 11) is 0. The first-order chi connectivity index (χ1) is 10.2. The van der Waals surface area contributed by atoms with Gasteiger partial charge >= 0.3 is 0 Å². The van der Waals surface area contributed by atoms with E-state index in [1.807, 2.05) is 0 Å². The number of rotatable bonds is 2. The summed E-state index contributed by atoms with van der Waals surface area (Å²) in [5.74, 6) is -0.228. The van der Waals surface area contributed by atoms with Gasteiger partial charge in [0, 0.05) is 43.4 Å². The molecule has 1 aromatic carbocycles. The second kappa shape index (κ2) is 6.61. The topological polar surface area (TPSA) is 21.7 Å². The van der Waals surface area contributed by atoms with Crippen molar-refractivity contribution in [1.29, 1.82) is 0 Å². The van der Waals surface area contributed by atoms with E-state index < -0.39 is 0 Å². The van der Waals surface area contributed by atoms with Gasteiger partial charge < -0.3 is 9.47 Å². The molecule has 2 aliphatic rings. The number of nitrogens with zero attached hydrogens (tertiary/aromatic N) is 1. The largest absolute Gasteiger partial charge is 0.381 e. The minimum Gasteiger partial charge on any atom is -0.381 e. The van der Waals surface area contributed by atoms with Gasteiger partial charge in [-0.25, -0.2) is 4.39 Å². The van der Waals surface area contributed by atoms with Crippen LogP contribution in [0.5, 0.6) is 0 Å². The second-order valence-electron chi connectivity index (χ2n) is 5.91. The van der Waals surface area contributed by atoms with E-state index in [9.17, 15) is 4.39 Å². The Morgan fingerprint density at radius 1 is 1.14 bits per heavy atom.